The summed E-state index contributed by atoms with van der Waals surface area (Å²) in [4.78, 5) is 13.9. The van der Waals surface area contributed by atoms with Crippen LogP contribution in [0.1, 0.15) is 6.92 Å². The molecule has 21 heavy (non-hydrogen) atoms. The minimum atomic E-state index is -0.291. The van der Waals surface area contributed by atoms with E-state index >= 15 is 0 Å². The lowest BCUT2D eigenvalue weighted by Crippen LogP contribution is -2.33. The fraction of sp³-hybridized carbons (Fsp3) is 0.188. The molecule has 0 bridgehead atoms. The minimum absolute atomic E-state index is 0.133. The fourth-order valence-electron chi connectivity index (χ4n) is 1.98. The van der Waals surface area contributed by atoms with Crippen LogP contribution >= 0.6 is 0 Å². The molecule has 0 fully saturated rings. The Morgan fingerprint density at radius 3 is 2.33 bits per heavy atom. The summed E-state index contributed by atoms with van der Waals surface area (Å²) in [6, 6.07) is 13.1. The summed E-state index contributed by atoms with van der Waals surface area (Å²) in [6.45, 7) is 2.80. The number of halogens is 1. The van der Waals surface area contributed by atoms with Gasteiger partial charge in [-0.1, -0.05) is 0 Å². The first-order valence-corrected chi connectivity index (χ1v) is 6.74. The van der Waals surface area contributed by atoms with Gasteiger partial charge in [0.1, 0.15) is 5.82 Å². The zero-order valence-electron chi connectivity index (χ0n) is 11.8. The van der Waals surface area contributed by atoms with Gasteiger partial charge in [0.25, 0.3) is 0 Å². The third-order valence-electron chi connectivity index (χ3n) is 3.10. The molecule has 0 aliphatic rings. The number of anilines is 3. The normalized spacial score (nSPS) is 10.2. The molecule has 0 aliphatic heterocycles. The standard InChI is InChI=1S/C16H18FN3O/c1-2-20(15-9-3-12(17)4-10-15)11-16(21)19-14-7-5-13(18)6-8-14/h3-10H,2,11,18H2,1H3,(H,19,21). The first-order chi connectivity index (χ1) is 10.1. The third kappa shape index (κ3) is 4.21. The summed E-state index contributed by atoms with van der Waals surface area (Å²) in [5.74, 6) is -0.424. The van der Waals surface area contributed by atoms with E-state index in [4.69, 9.17) is 5.73 Å². The van der Waals surface area contributed by atoms with E-state index in [0.717, 1.165) is 5.69 Å². The molecule has 0 heterocycles. The molecule has 0 radical (unpaired) electrons. The molecule has 5 heteroatoms. The summed E-state index contributed by atoms with van der Waals surface area (Å²) in [5.41, 5.74) is 7.75. The number of nitrogens with zero attached hydrogens (tertiary/aromatic N) is 1. The van der Waals surface area contributed by atoms with Crippen LogP contribution in [0.4, 0.5) is 21.5 Å². The molecule has 2 aromatic rings. The average Bonchev–Trinajstić information content (AvgIpc) is 2.48. The van der Waals surface area contributed by atoms with Gasteiger partial charge in [-0.25, -0.2) is 4.39 Å². The Kier molecular flexibility index (Phi) is 4.77. The Balaban J connectivity index is 1.99. The van der Waals surface area contributed by atoms with Crippen molar-refractivity contribution in [3.8, 4) is 0 Å². The first-order valence-electron chi connectivity index (χ1n) is 6.74. The van der Waals surface area contributed by atoms with Gasteiger partial charge in [-0.15, -0.1) is 0 Å². The number of nitrogen functional groups attached to an aromatic ring is 1. The monoisotopic (exact) mass is 287 g/mol. The molecule has 0 aliphatic carbocycles. The van der Waals surface area contributed by atoms with Gasteiger partial charge in [-0.05, 0) is 55.5 Å². The molecule has 0 aromatic heterocycles. The molecule has 1 amide bonds. The topological polar surface area (TPSA) is 58.4 Å². The second-order valence-electron chi connectivity index (χ2n) is 4.66. The van der Waals surface area contributed by atoms with Gasteiger partial charge >= 0.3 is 0 Å². The second kappa shape index (κ2) is 6.74. The highest BCUT2D eigenvalue weighted by Gasteiger charge is 2.10. The third-order valence-corrected chi connectivity index (χ3v) is 3.10. The highest BCUT2D eigenvalue weighted by molar-refractivity contribution is 5.94. The van der Waals surface area contributed by atoms with E-state index in [-0.39, 0.29) is 18.3 Å². The lowest BCUT2D eigenvalue weighted by atomic mass is 10.2. The predicted molar refractivity (Wildman–Crippen MR) is 83.8 cm³/mol. The van der Waals surface area contributed by atoms with Crippen molar-refractivity contribution in [2.45, 2.75) is 6.92 Å². The van der Waals surface area contributed by atoms with Crippen molar-refractivity contribution >= 4 is 23.0 Å². The molecule has 0 atom stereocenters. The van der Waals surface area contributed by atoms with Gasteiger partial charge in [0, 0.05) is 23.6 Å². The quantitative estimate of drug-likeness (QED) is 0.831. The van der Waals surface area contributed by atoms with Crippen LogP contribution in [0, 0.1) is 5.82 Å². The SMILES string of the molecule is CCN(CC(=O)Nc1ccc(N)cc1)c1ccc(F)cc1. The number of benzene rings is 2. The van der Waals surface area contributed by atoms with Crippen LogP contribution in [0.3, 0.4) is 0 Å². The Labute approximate surface area is 123 Å². The lowest BCUT2D eigenvalue weighted by Gasteiger charge is -2.22. The van der Waals surface area contributed by atoms with Crippen molar-refractivity contribution in [2.24, 2.45) is 0 Å². The van der Waals surface area contributed by atoms with Crippen LogP contribution in [-0.4, -0.2) is 19.0 Å². The molecule has 2 aromatic carbocycles. The summed E-state index contributed by atoms with van der Waals surface area (Å²) in [5, 5.41) is 2.80. The molecule has 0 unspecified atom stereocenters. The van der Waals surface area contributed by atoms with Gasteiger partial charge in [-0.2, -0.15) is 0 Å². The minimum Gasteiger partial charge on any atom is -0.399 e. The largest absolute Gasteiger partial charge is 0.399 e. The zero-order valence-corrected chi connectivity index (χ0v) is 11.8. The van der Waals surface area contributed by atoms with Gasteiger partial charge in [-0.3, -0.25) is 4.79 Å². The van der Waals surface area contributed by atoms with Gasteiger partial charge in [0.15, 0.2) is 0 Å². The van der Waals surface area contributed by atoms with Gasteiger partial charge < -0.3 is 16.0 Å². The number of carbonyl (C=O) groups is 1. The van der Waals surface area contributed by atoms with Gasteiger partial charge in [0.05, 0.1) is 6.54 Å². The van der Waals surface area contributed by atoms with E-state index in [1.54, 1.807) is 36.4 Å². The van der Waals surface area contributed by atoms with Crippen molar-refractivity contribution in [3.05, 3.63) is 54.3 Å². The van der Waals surface area contributed by atoms with Crippen LogP contribution in [0.5, 0.6) is 0 Å². The average molecular weight is 287 g/mol. The summed E-state index contributed by atoms with van der Waals surface area (Å²) in [7, 11) is 0. The van der Waals surface area contributed by atoms with Crippen molar-refractivity contribution < 1.29 is 9.18 Å². The molecule has 0 saturated carbocycles. The van der Waals surface area contributed by atoms with Gasteiger partial charge in [0.2, 0.25) is 5.91 Å². The number of hydrogen-bond acceptors (Lipinski definition) is 3. The van der Waals surface area contributed by atoms with E-state index in [1.165, 1.54) is 12.1 Å². The highest BCUT2D eigenvalue weighted by atomic mass is 19.1. The maximum Gasteiger partial charge on any atom is 0.243 e. The van der Waals surface area contributed by atoms with Crippen LogP contribution in [0.15, 0.2) is 48.5 Å². The zero-order chi connectivity index (χ0) is 15.2. The van der Waals surface area contributed by atoms with Crippen molar-refractivity contribution in [1.29, 1.82) is 0 Å². The van der Waals surface area contributed by atoms with E-state index in [0.29, 0.717) is 17.9 Å². The molecule has 4 nitrogen and oxygen atoms in total. The number of nitrogens with two attached hydrogens (primary N) is 1. The molecular formula is C16H18FN3O. The Morgan fingerprint density at radius 1 is 1.14 bits per heavy atom. The first kappa shape index (κ1) is 14.8. The van der Waals surface area contributed by atoms with Crippen molar-refractivity contribution in [3.63, 3.8) is 0 Å². The maximum absolute atomic E-state index is 12.9. The summed E-state index contributed by atoms with van der Waals surface area (Å²) in [6.07, 6.45) is 0. The molecule has 0 saturated heterocycles. The smallest absolute Gasteiger partial charge is 0.243 e. The van der Waals surface area contributed by atoms with E-state index in [1.807, 2.05) is 11.8 Å². The Bertz CT molecular complexity index is 596. The number of amides is 1. The van der Waals surface area contributed by atoms with E-state index in [9.17, 15) is 9.18 Å². The maximum atomic E-state index is 12.9. The van der Waals surface area contributed by atoms with Crippen LogP contribution in [-0.2, 0) is 4.79 Å². The number of nitrogens with one attached hydrogen (secondary N) is 1. The van der Waals surface area contributed by atoms with Crippen LogP contribution in [0.25, 0.3) is 0 Å². The number of likely N-dealkylation sites (N-methyl/N-ethyl adjacent to an activating group) is 1. The molecular weight excluding hydrogens is 269 g/mol. The molecule has 3 N–H and O–H groups in total. The van der Waals surface area contributed by atoms with Crippen molar-refractivity contribution in [2.75, 3.05) is 29.0 Å². The predicted octanol–water partition coefficient (Wildman–Crippen LogP) is 2.87. The number of rotatable bonds is 5. The number of carbonyl (C=O) groups excluding carboxylic acids is 1. The molecule has 2 rings (SSSR count). The fourth-order valence-corrected chi connectivity index (χ4v) is 1.98. The summed E-state index contributed by atoms with van der Waals surface area (Å²) < 4.78 is 12.9. The Hall–Kier alpha value is -2.56. The van der Waals surface area contributed by atoms with Crippen molar-refractivity contribution in [1.82, 2.24) is 0 Å². The molecule has 110 valence electrons. The second-order valence-corrected chi connectivity index (χ2v) is 4.66. The Morgan fingerprint density at radius 2 is 1.76 bits per heavy atom. The summed E-state index contributed by atoms with van der Waals surface area (Å²) >= 11 is 0. The van der Waals surface area contributed by atoms with Crippen LogP contribution in [0.2, 0.25) is 0 Å². The van der Waals surface area contributed by atoms with E-state index < -0.39 is 0 Å². The number of hydrogen-bond donors (Lipinski definition) is 2. The lowest BCUT2D eigenvalue weighted by molar-refractivity contribution is -0.115. The highest BCUT2D eigenvalue weighted by Crippen LogP contribution is 2.15. The molecule has 0 spiro atoms. The van der Waals surface area contributed by atoms with Crippen LogP contribution < -0.4 is 16.0 Å². The van der Waals surface area contributed by atoms with E-state index in [2.05, 4.69) is 5.32 Å².